The molecule has 1 aromatic heterocycles. The number of halogens is 1. The Labute approximate surface area is 185 Å². The van der Waals surface area contributed by atoms with Crippen molar-refractivity contribution in [3.8, 4) is 0 Å². The summed E-state index contributed by atoms with van der Waals surface area (Å²) in [7, 11) is 1.85. The quantitative estimate of drug-likeness (QED) is 0.778. The summed E-state index contributed by atoms with van der Waals surface area (Å²) >= 11 is 0. The fraction of sp³-hybridized carbons (Fsp3) is 0.600. The van der Waals surface area contributed by atoms with Gasteiger partial charge >= 0.3 is 0 Å². The van der Waals surface area contributed by atoms with Crippen molar-refractivity contribution in [2.24, 2.45) is 12.5 Å². The van der Waals surface area contributed by atoms with Crippen molar-refractivity contribution in [2.45, 2.75) is 64.3 Å². The molecule has 1 N–H and O–H groups in total. The summed E-state index contributed by atoms with van der Waals surface area (Å²) in [5.41, 5.74) is 2.94. The number of aryl methyl sites for hydroxylation is 1. The Kier molecular flexibility index (Phi) is 5.95. The lowest BCUT2D eigenvalue weighted by molar-refractivity contribution is 0.0909. The van der Waals surface area contributed by atoms with Crippen molar-refractivity contribution in [1.29, 1.82) is 0 Å². The molecule has 0 radical (unpaired) electrons. The van der Waals surface area contributed by atoms with E-state index in [0.717, 1.165) is 56.4 Å². The first-order chi connectivity index (χ1) is 14.7. The van der Waals surface area contributed by atoms with Crippen LogP contribution in [0.1, 0.15) is 80.5 Å². The van der Waals surface area contributed by atoms with Crippen LogP contribution in [0.2, 0.25) is 0 Å². The van der Waals surface area contributed by atoms with E-state index in [1.807, 2.05) is 13.1 Å². The molecule has 1 saturated heterocycles. The molecule has 0 unspecified atom stereocenters. The van der Waals surface area contributed by atoms with E-state index in [0.29, 0.717) is 11.1 Å². The van der Waals surface area contributed by atoms with Crippen LogP contribution < -0.4 is 5.32 Å². The lowest BCUT2D eigenvalue weighted by Crippen LogP contribution is -2.46. The molecule has 1 spiro atoms. The molecule has 1 aliphatic heterocycles. The van der Waals surface area contributed by atoms with Crippen LogP contribution in [0.3, 0.4) is 0 Å². The van der Waals surface area contributed by atoms with Crippen molar-refractivity contribution in [2.75, 3.05) is 19.6 Å². The number of amides is 1. The molecule has 0 bridgehead atoms. The minimum Gasteiger partial charge on any atom is -0.344 e. The molecule has 0 saturated carbocycles. The third kappa shape index (κ3) is 4.84. The number of rotatable bonds is 4. The molecule has 6 heteroatoms. The molecule has 1 amide bonds. The minimum atomic E-state index is -0.190. The van der Waals surface area contributed by atoms with E-state index in [9.17, 15) is 9.18 Å². The highest BCUT2D eigenvalue weighted by molar-refractivity contribution is 5.92. The summed E-state index contributed by atoms with van der Waals surface area (Å²) in [6, 6.07) is 5.02. The summed E-state index contributed by atoms with van der Waals surface area (Å²) < 4.78 is 16.1. The van der Waals surface area contributed by atoms with Crippen molar-refractivity contribution in [1.82, 2.24) is 19.8 Å². The standard InChI is InChI=1S/C25H35FN4O/c1-24(2,3)9-12-30-13-10-25(11-14-30)8-7-21(19-6-5-18(26)15-20(19)25)28-23(31)22-16-29(4)17-27-22/h5-6,15-17,21H,7-14H2,1-4H3,(H,28,31)/t21-/m0/s1. The average Bonchev–Trinajstić information content (AvgIpc) is 3.16. The second kappa shape index (κ2) is 8.38. The summed E-state index contributed by atoms with van der Waals surface area (Å²) in [4.78, 5) is 19.4. The number of carbonyl (C=O) groups is 1. The molecule has 2 heterocycles. The van der Waals surface area contributed by atoms with Gasteiger partial charge in [-0.25, -0.2) is 9.37 Å². The SMILES string of the molecule is Cn1cnc(C(=O)N[C@H]2CCC3(CCN(CCC(C)(C)C)CC3)c3cc(F)ccc32)c1. The normalized spacial score (nSPS) is 21.1. The molecule has 2 aromatic rings. The zero-order valence-electron chi connectivity index (χ0n) is 19.2. The summed E-state index contributed by atoms with van der Waals surface area (Å²) in [5.74, 6) is -0.362. The van der Waals surface area contributed by atoms with Gasteiger partial charge in [-0.2, -0.15) is 0 Å². The van der Waals surface area contributed by atoms with Gasteiger partial charge in [-0.05, 0) is 85.8 Å². The van der Waals surface area contributed by atoms with E-state index < -0.39 is 0 Å². The maximum Gasteiger partial charge on any atom is 0.271 e. The van der Waals surface area contributed by atoms with Crippen LogP contribution in [-0.4, -0.2) is 40.0 Å². The van der Waals surface area contributed by atoms with Crippen molar-refractivity contribution in [3.63, 3.8) is 0 Å². The van der Waals surface area contributed by atoms with E-state index in [2.05, 4.69) is 36.0 Å². The van der Waals surface area contributed by atoms with Gasteiger partial charge in [0.05, 0.1) is 12.4 Å². The fourth-order valence-corrected chi connectivity index (χ4v) is 5.13. The molecule has 1 atom stereocenters. The Bertz CT molecular complexity index is 937. The molecule has 31 heavy (non-hydrogen) atoms. The largest absolute Gasteiger partial charge is 0.344 e. The number of likely N-dealkylation sites (tertiary alicyclic amines) is 1. The number of fused-ring (bicyclic) bond motifs is 2. The lowest BCUT2D eigenvalue weighted by atomic mass is 9.63. The Morgan fingerprint density at radius 2 is 2.00 bits per heavy atom. The second-order valence-corrected chi connectivity index (χ2v) is 10.7. The van der Waals surface area contributed by atoms with Gasteiger partial charge in [0.1, 0.15) is 11.5 Å². The smallest absolute Gasteiger partial charge is 0.271 e. The van der Waals surface area contributed by atoms with Crippen LogP contribution in [0.4, 0.5) is 4.39 Å². The highest BCUT2D eigenvalue weighted by atomic mass is 19.1. The maximum atomic E-state index is 14.3. The second-order valence-electron chi connectivity index (χ2n) is 10.7. The van der Waals surface area contributed by atoms with Crippen molar-refractivity contribution < 1.29 is 9.18 Å². The average molecular weight is 427 g/mol. The molecule has 5 nitrogen and oxygen atoms in total. The van der Waals surface area contributed by atoms with Gasteiger partial charge in [0.2, 0.25) is 0 Å². The van der Waals surface area contributed by atoms with E-state index in [-0.39, 0.29) is 23.2 Å². The Morgan fingerprint density at radius 3 is 2.65 bits per heavy atom. The predicted octanol–water partition coefficient (Wildman–Crippen LogP) is 4.59. The first-order valence-corrected chi connectivity index (χ1v) is 11.5. The summed E-state index contributed by atoms with van der Waals surface area (Å²) in [6.07, 6.45) is 8.48. The summed E-state index contributed by atoms with van der Waals surface area (Å²) in [5, 5.41) is 3.14. The van der Waals surface area contributed by atoms with Gasteiger partial charge in [-0.1, -0.05) is 26.8 Å². The van der Waals surface area contributed by atoms with E-state index in [1.54, 1.807) is 23.2 Å². The van der Waals surface area contributed by atoms with Crippen LogP contribution in [0, 0.1) is 11.2 Å². The monoisotopic (exact) mass is 426 g/mol. The molecule has 1 aromatic carbocycles. The van der Waals surface area contributed by atoms with Crippen LogP contribution >= 0.6 is 0 Å². The van der Waals surface area contributed by atoms with Crippen LogP contribution in [0.15, 0.2) is 30.7 Å². The van der Waals surface area contributed by atoms with Crippen LogP contribution in [0.25, 0.3) is 0 Å². The predicted molar refractivity (Wildman–Crippen MR) is 120 cm³/mol. The molecular weight excluding hydrogens is 391 g/mol. The van der Waals surface area contributed by atoms with Gasteiger partial charge in [0.15, 0.2) is 0 Å². The number of nitrogens with one attached hydrogen (secondary N) is 1. The highest BCUT2D eigenvalue weighted by Crippen LogP contribution is 2.48. The van der Waals surface area contributed by atoms with Crippen molar-refractivity contribution in [3.05, 3.63) is 53.4 Å². The lowest BCUT2D eigenvalue weighted by Gasteiger charge is -2.47. The highest BCUT2D eigenvalue weighted by Gasteiger charge is 2.42. The van der Waals surface area contributed by atoms with Crippen LogP contribution in [-0.2, 0) is 12.5 Å². The van der Waals surface area contributed by atoms with Gasteiger partial charge < -0.3 is 14.8 Å². The minimum absolute atomic E-state index is 0.0158. The molecule has 1 aliphatic carbocycles. The number of nitrogens with zero attached hydrogens (tertiary/aromatic N) is 3. The number of aromatic nitrogens is 2. The number of imidazole rings is 1. The Morgan fingerprint density at radius 1 is 1.26 bits per heavy atom. The van der Waals surface area contributed by atoms with E-state index in [4.69, 9.17) is 0 Å². The summed E-state index contributed by atoms with van der Waals surface area (Å²) in [6.45, 7) is 10.1. The topological polar surface area (TPSA) is 50.2 Å². The third-order valence-corrected chi connectivity index (χ3v) is 7.11. The Balaban J connectivity index is 1.50. The van der Waals surface area contributed by atoms with Gasteiger partial charge in [0, 0.05) is 13.2 Å². The number of benzene rings is 1. The maximum absolute atomic E-state index is 14.3. The van der Waals surface area contributed by atoms with Gasteiger partial charge in [-0.15, -0.1) is 0 Å². The van der Waals surface area contributed by atoms with Crippen molar-refractivity contribution >= 4 is 5.91 Å². The molecule has 1 fully saturated rings. The Hall–Kier alpha value is -2.21. The first-order valence-electron chi connectivity index (χ1n) is 11.5. The number of piperidine rings is 1. The fourth-order valence-electron chi connectivity index (χ4n) is 5.13. The molecule has 168 valence electrons. The zero-order chi connectivity index (χ0) is 22.2. The van der Waals surface area contributed by atoms with E-state index >= 15 is 0 Å². The number of carbonyl (C=O) groups excluding carboxylic acids is 1. The first kappa shape index (κ1) is 22.0. The molecule has 4 rings (SSSR count). The number of hydrogen-bond acceptors (Lipinski definition) is 3. The number of hydrogen-bond donors (Lipinski definition) is 1. The molecular formula is C25H35FN4O. The van der Waals surface area contributed by atoms with Crippen LogP contribution in [0.5, 0.6) is 0 Å². The van der Waals surface area contributed by atoms with Gasteiger partial charge in [-0.3, -0.25) is 4.79 Å². The zero-order valence-corrected chi connectivity index (χ0v) is 19.2. The van der Waals surface area contributed by atoms with Gasteiger partial charge in [0.25, 0.3) is 5.91 Å². The van der Waals surface area contributed by atoms with E-state index in [1.165, 1.54) is 12.5 Å². The third-order valence-electron chi connectivity index (χ3n) is 7.11. The molecule has 2 aliphatic rings.